The van der Waals surface area contributed by atoms with Crippen molar-refractivity contribution >= 4 is 0 Å². The second-order valence-electron chi connectivity index (χ2n) is 6.38. The van der Waals surface area contributed by atoms with Crippen LogP contribution < -0.4 is 5.32 Å². The van der Waals surface area contributed by atoms with Crippen LogP contribution in [0.15, 0.2) is 0 Å². The van der Waals surface area contributed by atoms with Gasteiger partial charge >= 0.3 is 0 Å². The van der Waals surface area contributed by atoms with Gasteiger partial charge in [0, 0.05) is 45.3 Å². The third-order valence-electron chi connectivity index (χ3n) is 5.27. The average Bonchev–Trinajstić information content (AvgIpc) is 3.08. The monoisotopic (exact) mass is 251 g/mol. The maximum Gasteiger partial charge on any atom is 0.0124 e. The van der Waals surface area contributed by atoms with Gasteiger partial charge in [0.1, 0.15) is 0 Å². The molecule has 1 unspecified atom stereocenters. The third kappa shape index (κ3) is 3.06. The molecule has 18 heavy (non-hydrogen) atoms. The predicted molar refractivity (Wildman–Crippen MR) is 75.9 cm³/mol. The number of piperazine rings is 1. The first-order valence-electron chi connectivity index (χ1n) is 8.10. The van der Waals surface area contributed by atoms with E-state index in [-0.39, 0.29) is 0 Å². The smallest absolute Gasteiger partial charge is 0.0124 e. The van der Waals surface area contributed by atoms with Gasteiger partial charge in [-0.2, -0.15) is 0 Å². The van der Waals surface area contributed by atoms with E-state index in [1.54, 1.807) is 0 Å². The summed E-state index contributed by atoms with van der Waals surface area (Å²) in [5.74, 6) is 1.04. The molecule has 0 radical (unpaired) electrons. The second kappa shape index (κ2) is 6.36. The number of hydrogen-bond acceptors (Lipinski definition) is 3. The maximum atomic E-state index is 3.44. The molecule has 2 aliphatic heterocycles. The summed E-state index contributed by atoms with van der Waals surface area (Å²) >= 11 is 0. The van der Waals surface area contributed by atoms with E-state index in [2.05, 4.69) is 15.1 Å². The number of rotatable bonds is 4. The van der Waals surface area contributed by atoms with Crippen LogP contribution in [0.1, 0.15) is 38.5 Å². The molecule has 2 heterocycles. The molecule has 0 spiro atoms. The molecular formula is C15H29N3. The predicted octanol–water partition coefficient (Wildman–Crippen LogP) is 1.55. The van der Waals surface area contributed by atoms with Crippen molar-refractivity contribution in [3.05, 3.63) is 0 Å². The molecule has 0 aromatic rings. The zero-order valence-electron chi connectivity index (χ0n) is 11.7. The first-order chi connectivity index (χ1) is 8.93. The topological polar surface area (TPSA) is 18.5 Å². The molecule has 3 aliphatic rings. The second-order valence-corrected chi connectivity index (χ2v) is 6.38. The Hall–Kier alpha value is -0.120. The molecule has 104 valence electrons. The minimum atomic E-state index is 0.940. The Morgan fingerprint density at radius 2 is 1.61 bits per heavy atom. The van der Waals surface area contributed by atoms with E-state index in [9.17, 15) is 0 Å². The van der Waals surface area contributed by atoms with E-state index in [0.29, 0.717) is 0 Å². The van der Waals surface area contributed by atoms with E-state index in [1.165, 1.54) is 84.3 Å². The summed E-state index contributed by atoms with van der Waals surface area (Å²) in [6.07, 6.45) is 8.93. The van der Waals surface area contributed by atoms with Gasteiger partial charge in [-0.3, -0.25) is 9.80 Å². The Morgan fingerprint density at radius 3 is 2.39 bits per heavy atom. The molecule has 1 aliphatic carbocycles. The number of likely N-dealkylation sites (tertiary alicyclic amines) is 1. The van der Waals surface area contributed by atoms with Gasteiger partial charge in [0.2, 0.25) is 0 Å². The van der Waals surface area contributed by atoms with Crippen LogP contribution in [0.5, 0.6) is 0 Å². The van der Waals surface area contributed by atoms with Gasteiger partial charge in [-0.15, -0.1) is 0 Å². The Balaban J connectivity index is 1.45. The Morgan fingerprint density at radius 1 is 0.833 bits per heavy atom. The highest BCUT2D eigenvalue weighted by Gasteiger charge is 2.32. The van der Waals surface area contributed by atoms with Gasteiger partial charge in [0.25, 0.3) is 0 Å². The molecule has 3 nitrogen and oxygen atoms in total. The first-order valence-corrected chi connectivity index (χ1v) is 8.10. The molecule has 1 atom stereocenters. The van der Waals surface area contributed by atoms with E-state index < -0.39 is 0 Å². The lowest BCUT2D eigenvalue weighted by Crippen LogP contribution is -2.47. The fraction of sp³-hybridized carbons (Fsp3) is 1.00. The van der Waals surface area contributed by atoms with Crippen molar-refractivity contribution in [3.8, 4) is 0 Å². The maximum absolute atomic E-state index is 3.44. The van der Waals surface area contributed by atoms with Crippen molar-refractivity contribution in [1.82, 2.24) is 15.1 Å². The summed E-state index contributed by atoms with van der Waals surface area (Å²) in [5.41, 5.74) is 0. The van der Waals surface area contributed by atoms with Crippen molar-refractivity contribution in [2.24, 2.45) is 5.92 Å². The quantitative estimate of drug-likeness (QED) is 0.818. The summed E-state index contributed by atoms with van der Waals surface area (Å²) in [6, 6.07) is 0.940. The Bertz CT molecular complexity index is 244. The van der Waals surface area contributed by atoms with Gasteiger partial charge < -0.3 is 5.32 Å². The lowest BCUT2D eigenvalue weighted by atomic mass is 9.96. The molecule has 3 fully saturated rings. The van der Waals surface area contributed by atoms with Crippen LogP contribution in [-0.4, -0.2) is 61.7 Å². The minimum absolute atomic E-state index is 0.940. The molecule has 0 bridgehead atoms. The molecule has 1 saturated carbocycles. The normalized spacial score (nSPS) is 32.3. The molecular weight excluding hydrogens is 222 g/mol. The average molecular weight is 251 g/mol. The van der Waals surface area contributed by atoms with Crippen molar-refractivity contribution in [2.75, 3.05) is 45.8 Å². The highest BCUT2D eigenvalue weighted by atomic mass is 15.2. The molecule has 0 amide bonds. The highest BCUT2D eigenvalue weighted by molar-refractivity contribution is 4.88. The first kappa shape index (κ1) is 12.9. The summed E-state index contributed by atoms with van der Waals surface area (Å²) in [6.45, 7) is 8.86. The molecule has 0 aromatic carbocycles. The van der Waals surface area contributed by atoms with Crippen molar-refractivity contribution in [2.45, 2.75) is 44.6 Å². The molecule has 2 saturated heterocycles. The van der Waals surface area contributed by atoms with Crippen LogP contribution in [-0.2, 0) is 0 Å². The van der Waals surface area contributed by atoms with Crippen LogP contribution in [0.2, 0.25) is 0 Å². The zero-order valence-corrected chi connectivity index (χ0v) is 11.7. The number of nitrogens with one attached hydrogen (secondary N) is 1. The molecule has 3 rings (SSSR count). The third-order valence-corrected chi connectivity index (χ3v) is 5.27. The van der Waals surface area contributed by atoms with Crippen molar-refractivity contribution in [3.63, 3.8) is 0 Å². The standard InChI is InChI=1S/C15H29N3/c1-2-5-14(4-1)15-6-3-9-18(15)13-12-17-10-7-16-8-11-17/h14-16H,1-13H2. The molecule has 3 heteroatoms. The fourth-order valence-electron chi connectivity index (χ4n) is 4.21. The lowest BCUT2D eigenvalue weighted by molar-refractivity contribution is 0.152. The van der Waals surface area contributed by atoms with E-state index >= 15 is 0 Å². The van der Waals surface area contributed by atoms with Crippen molar-refractivity contribution in [1.29, 1.82) is 0 Å². The highest BCUT2D eigenvalue weighted by Crippen LogP contribution is 2.35. The van der Waals surface area contributed by atoms with Crippen LogP contribution in [0.25, 0.3) is 0 Å². The SMILES string of the molecule is C1CCC(C2CCCN2CCN2CCNCC2)C1. The zero-order chi connectivity index (χ0) is 12.2. The van der Waals surface area contributed by atoms with Crippen LogP contribution in [0, 0.1) is 5.92 Å². The van der Waals surface area contributed by atoms with Gasteiger partial charge in [-0.1, -0.05) is 12.8 Å². The van der Waals surface area contributed by atoms with Gasteiger partial charge in [-0.25, -0.2) is 0 Å². The summed E-state index contributed by atoms with van der Waals surface area (Å²) in [4.78, 5) is 5.46. The van der Waals surface area contributed by atoms with Gasteiger partial charge in [0.05, 0.1) is 0 Å². The van der Waals surface area contributed by atoms with Gasteiger partial charge in [-0.05, 0) is 38.1 Å². The lowest BCUT2D eigenvalue weighted by Gasteiger charge is -2.33. The van der Waals surface area contributed by atoms with Crippen LogP contribution >= 0.6 is 0 Å². The fourth-order valence-corrected chi connectivity index (χ4v) is 4.21. The Labute approximate surface area is 112 Å². The van der Waals surface area contributed by atoms with E-state index in [4.69, 9.17) is 0 Å². The van der Waals surface area contributed by atoms with E-state index in [1.807, 2.05) is 0 Å². The summed E-state index contributed by atoms with van der Waals surface area (Å²) in [7, 11) is 0. The van der Waals surface area contributed by atoms with Crippen LogP contribution in [0.4, 0.5) is 0 Å². The summed E-state index contributed by atoms with van der Waals surface area (Å²) in [5, 5.41) is 3.44. The Kier molecular flexibility index (Phi) is 4.55. The molecule has 0 aromatic heterocycles. The number of nitrogens with zero attached hydrogens (tertiary/aromatic N) is 2. The van der Waals surface area contributed by atoms with Crippen LogP contribution in [0.3, 0.4) is 0 Å². The minimum Gasteiger partial charge on any atom is -0.314 e. The van der Waals surface area contributed by atoms with Gasteiger partial charge in [0.15, 0.2) is 0 Å². The van der Waals surface area contributed by atoms with E-state index in [0.717, 1.165) is 12.0 Å². The largest absolute Gasteiger partial charge is 0.314 e. The molecule has 1 N–H and O–H groups in total. The number of hydrogen-bond donors (Lipinski definition) is 1. The van der Waals surface area contributed by atoms with Crippen molar-refractivity contribution < 1.29 is 0 Å². The summed E-state index contributed by atoms with van der Waals surface area (Å²) < 4.78 is 0.